The Morgan fingerprint density at radius 3 is 2.26 bits per heavy atom. The first-order chi connectivity index (χ1) is 19.7. The predicted molar refractivity (Wildman–Crippen MR) is 150 cm³/mol. The van der Waals surface area contributed by atoms with Crippen LogP contribution in [0.15, 0.2) is 48.5 Å². The zero-order valence-electron chi connectivity index (χ0n) is 22.6. The van der Waals surface area contributed by atoms with Crippen molar-refractivity contribution in [1.82, 2.24) is 15.0 Å². The van der Waals surface area contributed by atoms with Crippen LogP contribution in [0.4, 0.5) is 19.1 Å². The van der Waals surface area contributed by atoms with E-state index in [0.717, 1.165) is 24.7 Å². The van der Waals surface area contributed by atoms with E-state index in [1.807, 2.05) is 12.1 Å². The first kappa shape index (κ1) is 31.4. The first-order valence-electron chi connectivity index (χ1n) is 13.0. The molecule has 0 spiro atoms. The number of benzene rings is 2. The molecule has 0 saturated heterocycles. The van der Waals surface area contributed by atoms with Crippen LogP contribution in [0.2, 0.25) is 5.02 Å². The number of carbonyl (C=O) groups excluding carboxylic acids is 2. The highest BCUT2D eigenvalue weighted by atomic mass is 35.5. The topological polar surface area (TPSA) is 128 Å². The average Bonchev–Trinajstić information content (AvgIpc) is 3.67. The molecular formula is C28H28ClF3N4O5S. The lowest BCUT2D eigenvalue weighted by Gasteiger charge is -2.19. The molecular weight excluding hydrogens is 597 g/mol. The zero-order valence-corrected chi connectivity index (χ0v) is 24.2. The summed E-state index contributed by atoms with van der Waals surface area (Å²) >= 11 is 6.00. The summed E-state index contributed by atoms with van der Waals surface area (Å²) in [4.78, 5) is 36.8. The van der Waals surface area contributed by atoms with Crippen molar-refractivity contribution in [3.63, 3.8) is 0 Å². The molecule has 1 N–H and O–H groups in total. The van der Waals surface area contributed by atoms with Crippen LogP contribution in [-0.2, 0) is 26.6 Å². The number of rotatable bonds is 14. The summed E-state index contributed by atoms with van der Waals surface area (Å²) in [5, 5.41) is 3.80. The van der Waals surface area contributed by atoms with Gasteiger partial charge in [-0.3, -0.25) is 9.59 Å². The molecule has 2 aromatic carbocycles. The van der Waals surface area contributed by atoms with E-state index in [0.29, 0.717) is 16.1 Å². The number of halogens is 4. The van der Waals surface area contributed by atoms with Crippen molar-refractivity contribution in [3.05, 3.63) is 76.1 Å². The molecule has 9 nitrogen and oxygen atoms in total. The highest BCUT2D eigenvalue weighted by molar-refractivity contribution is 7.91. The van der Waals surface area contributed by atoms with Gasteiger partial charge in [0.15, 0.2) is 22.2 Å². The molecule has 1 saturated carbocycles. The molecule has 0 aliphatic heterocycles. The van der Waals surface area contributed by atoms with E-state index in [-0.39, 0.29) is 43.2 Å². The minimum atomic E-state index is -4.58. The van der Waals surface area contributed by atoms with Crippen molar-refractivity contribution in [2.45, 2.75) is 50.2 Å². The molecule has 1 heterocycles. The normalized spacial score (nSPS) is 14.3. The number of nitrogens with one attached hydrogen (secondary N) is 1. The first-order valence-corrected chi connectivity index (χ1v) is 15.4. The maximum absolute atomic E-state index is 12.8. The number of anilines is 1. The summed E-state index contributed by atoms with van der Waals surface area (Å²) in [7, 11) is -3.41. The quantitative estimate of drug-likeness (QED) is 0.243. The van der Waals surface area contributed by atoms with Gasteiger partial charge in [-0.2, -0.15) is 28.1 Å². The van der Waals surface area contributed by atoms with Crippen molar-refractivity contribution >= 4 is 39.0 Å². The molecule has 1 aliphatic carbocycles. The molecule has 1 aromatic heterocycles. The van der Waals surface area contributed by atoms with Crippen LogP contribution in [0, 0.1) is 0 Å². The summed E-state index contributed by atoms with van der Waals surface area (Å²) in [6, 6.07) is 13.3. The van der Waals surface area contributed by atoms with Gasteiger partial charge in [-0.1, -0.05) is 48.0 Å². The number of aromatic nitrogens is 3. The van der Waals surface area contributed by atoms with Gasteiger partial charge in [0.1, 0.15) is 17.4 Å². The minimum Gasteiger partial charge on any atom is -0.454 e. The molecule has 224 valence electrons. The second kappa shape index (κ2) is 12.7. The molecule has 0 atom stereocenters. The zero-order chi connectivity index (χ0) is 30.5. The number of hydrogen-bond donors (Lipinski definition) is 1. The third-order valence-corrected chi connectivity index (χ3v) is 7.54. The third kappa shape index (κ3) is 9.48. The van der Waals surface area contributed by atoms with Gasteiger partial charge >= 0.3 is 12.2 Å². The van der Waals surface area contributed by atoms with Crippen molar-refractivity contribution in [2.24, 2.45) is 0 Å². The van der Waals surface area contributed by atoms with Crippen LogP contribution in [0.25, 0.3) is 0 Å². The summed E-state index contributed by atoms with van der Waals surface area (Å²) in [5.41, 5.74) is 1.54. The summed E-state index contributed by atoms with van der Waals surface area (Å²) in [6.07, 6.45) is -1.66. The molecule has 0 bridgehead atoms. The van der Waals surface area contributed by atoms with E-state index >= 15 is 0 Å². The maximum atomic E-state index is 12.8. The average molecular weight is 625 g/mol. The highest BCUT2D eigenvalue weighted by Crippen LogP contribution is 2.48. The molecule has 0 amide bonds. The molecule has 14 heteroatoms. The molecule has 1 aliphatic rings. The second-order valence-corrected chi connectivity index (χ2v) is 12.8. The lowest BCUT2D eigenvalue weighted by atomic mass is 10.0. The standard InChI is InChI=1S/C28H28ClF3N4O5S/c1-42(39,40)16-22(37)3-2-4-23(38)19-7-5-18(6-8-19)15-24-33-25(35-26(34-24)41-17-28(30,31)32)36-27(13-14-27)20-9-11-21(29)12-10-20/h5-12H,2-4,13-17H2,1H3,(H,33,34,35,36). The van der Waals surface area contributed by atoms with Gasteiger partial charge in [0.25, 0.3) is 0 Å². The Morgan fingerprint density at radius 1 is 1.00 bits per heavy atom. The van der Waals surface area contributed by atoms with Gasteiger partial charge in [-0.05, 0) is 42.5 Å². The third-order valence-electron chi connectivity index (χ3n) is 6.44. The largest absolute Gasteiger partial charge is 0.454 e. The number of carbonyl (C=O) groups is 2. The van der Waals surface area contributed by atoms with E-state index in [1.54, 1.807) is 36.4 Å². The molecule has 1 fully saturated rings. The van der Waals surface area contributed by atoms with Crippen LogP contribution >= 0.6 is 11.6 Å². The number of Topliss-reactive ketones (excluding diaryl/α,β-unsaturated/α-hetero) is 2. The van der Waals surface area contributed by atoms with Gasteiger partial charge in [0.2, 0.25) is 5.95 Å². The Balaban J connectivity index is 1.44. The number of nitrogens with zero attached hydrogens (tertiary/aromatic N) is 3. The maximum Gasteiger partial charge on any atom is 0.422 e. The lowest BCUT2D eigenvalue weighted by Crippen LogP contribution is -2.23. The van der Waals surface area contributed by atoms with Crippen LogP contribution in [0.1, 0.15) is 59.4 Å². The molecule has 0 unspecified atom stereocenters. The van der Waals surface area contributed by atoms with Crippen LogP contribution < -0.4 is 10.1 Å². The predicted octanol–water partition coefficient (Wildman–Crippen LogP) is 5.12. The fourth-order valence-corrected chi connectivity index (χ4v) is 5.14. The Hall–Kier alpha value is -3.58. The monoisotopic (exact) mass is 624 g/mol. The van der Waals surface area contributed by atoms with Crippen molar-refractivity contribution < 1.29 is 35.9 Å². The van der Waals surface area contributed by atoms with Gasteiger partial charge in [0.05, 0.1) is 5.54 Å². The number of ether oxygens (including phenoxy) is 1. The van der Waals surface area contributed by atoms with Crippen LogP contribution in [0.3, 0.4) is 0 Å². The van der Waals surface area contributed by atoms with Gasteiger partial charge in [-0.15, -0.1) is 0 Å². The van der Waals surface area contributed by atoms with E-state index in [9.17, 15) is 31.2 Å². The number of sulfone groups is 1. The van der Waals surface area contributed by atoms with Gasteiger partial charge in [-0.25, -0.2) is 8.42 Å². The van der Waals surface area contributed by atoms with Gasteiger partial charge < -0.3 is 10.1 Å². The summed E-state index contributed by atoms with van der Waals surface area (Å²) < 4.78 is 65.7. The summed E-state index contributed by atoms with van der Waals surface area (Å²) in [6.45, 7) is -1.56. The van der Waals surface area contributed by atoms with E-state index in [2.05, 4.69) is 20.3 Å². The van der Waals surface area contributed by atoms with E-state index in [4.69, 9.17) is 16.3 Å². The fraction of sp³-hybridized carbons (Fsp3) is 0.393. The smallest absolute Gasteiger partial charge is 0.422 e. The second-order valence-electron chi connectivity index (χ2n) is 10.2. The SMILES string of the molecule is CS(=O)(=O)CC(=O)CCCC(=O)c1ccc(Cc2nc(NC3(c4ccc(Cl)cc4)CC3)nc(OCC(F)(F)F)n2)cc1. The van der Waals surface area contributed by atoms with Crippen molar-refractivity contribution in [1.29, 1.82) is 0 Å². The molecule has 42 heavy (non-hydrogen) atoms. The molecule has 3 aromatic rings. The van der Waals surface area contributed by atoms with Crippen LogP contribution in [-0.4, -0.2) is 59.7 Å². The highest BCUT2D eigenvalue weighted by Gasteiger charge is 2.45. The number of alkyl halides is 3. The number of ketones is 2. The van der Waals surface area contributed by atoms with Crippen molar-refractivity contribution in [2.75, 3.05) is 23.9 Å². The Labute approximate surface area is 245 Å². The van der Waals surface area contributed by atoms with Gasteiger partial charge in [0, 0.05) is 36.1 Å². The number of hydrogen-bond acceptors (Lipinski definition) is 9. The lowest BCUT2D eigenvalue weighted by molar-refractivity contribution is -0.154. The Kier molecular flexibility index (Phi) is 9.51. The van der Waals surface area contributed by atoms with E-state index < -0.39 is 45.7 Å². The molecule has 0 radical (unpaired) electrons. The van der Waals surface area contributed by atoms with Crippen LogP contribution in [0.5, 0.6) is 6.01 Å². The fourth-order valence-electron chi connectivity index (χ4n) is 4.28. The Bertz CT molecular complexity index is 1550. The van der Waals surface area contributed by atoms with E-state index in [1.165, 1.54) is 0 Å². The minimum absolute atomic E-state index is 0.00923. The van der Waals surface area contributed by atoms with Crippen molar-refractivity contribution in [3.8, 4) is 6.01 Å². The Morgan fingerprint density at radius 2 is 1.67 bits per heavy atom. The molecule has 4 rings (SSSR count). The summed E-state index contributed by atoms with van der Waals surface area (Å²) in [5.74, 6) is -0.955.